The van der Waals surface area contributed by atoms with Gasteiger partial charge in [-0.1, -0.05) is 12.1 Å². The molecular formula is C28H31N7O3. The maximum Gasteiger partial charge on any atom is 0.266 e. The van der Waals surface area contributed by atoms with Gasteiger partial charge in [0.25, 0.3) is 5.56 Å². The van der Waals surface area contributed by atoms with Gasteiger partial charge in [0.05, 0.1) is 41.6 Å². The van der Waals surface area contributed by atoms with E-state index in [1.54, 1.807) is 28.8 Å². The van der Waals surface area contributed by atoms with E-state index in [-0.39, 0.29) is 24.0 Å². The van der Waals surface area contributed by atoms with Crippen molar-refractivity contribution in [2.75, 3.05) is 13.1 Å². The third-order valence-corrected chi connectivity index (χ3v) is 7.14. The molecule has 2 aliphatic rings. The van der Waals surface area contributed by atoms with Gasteiger partial charge in [0.1, 0.15) is 18.1 Å². The lowest BCUT2D eigenvalue weighted by atomic mass is 10.1. The van der Waals surface area contributed by atoms with E-state index in [1.165, 1.54) is 30.0 Å². The molecule has 38 heavy (non-hydrogen) atoms. The minimum Gasteiger partial charge on any atom is -0.489 e. The van der Waals surface area contributed by atoms with Gasteiger partial charge in [0.15, 0.2) is 5.78 Å². The van der Waals surface area contributed by atoms with E-state index in [1.807, 2.05) is 32.0 Å². The fourth-order valence-corrected chi connectivity index (χ4v) is 5.51. The Morgan fingerprint density at radius 1 is 1.08 bits per heavy atom. The van der Waals surface area contributed by atoms with Crippen LogP contribution < -0.4 is 15.6 Å². The zero-order valence-electron chi connectivity index (χ0n) is 21.6. The summed E-state index contributed by atoms with van der Waals surface area (Å²) in [5.41, 5.74) is 1.43. The van der Waals surface area contributed by atoms with Crippen molar-refractivity contribution < 1.29 is 9.53 Å². The molecule has 2 aromatic heterocycles. The molecule has 6 rings (SSSR count). The number of benzene rings is 2. The molecule has 4 aromatic rings. The first-order chi connectivity index (χ1) is 18.4. The number of Topliss-reactive ketones (excluding diaryl/α,β-unsaturated/α-hetero) is 1. The molecule has 10 nitrogen and oxygen atoms in total. The number of nitrogens with zero attached hydrogens (tertiary/aromatic N) is 6. The lowest BCUT2D eigenvalue weighted by Gasteiger charge is -2.33. The lowest BCUT2D eigenvalue weighted by molar-refractivity contribution is 0.0962. The minimum atomic E-state index is -0.185. The number of carbonyl (C=O) groups excluding carboxylic acids is 1. The normalized spacial score (nSPS) is 19.3. The highest BCUT2D eigenvalue weighted by atomic mass is 16.5. The van der Waals surface area contributed by atoms with Gasteiger partial charge in [-0.05, 0) is 57.0 Å². The minimum absolute atomic E-state index is 0.00188. The van der Waals surface area contributed by atoms with E-state index in [4.69, 9.17) is 9.72 Å². The number of carbonyl (C=O) groups is 1. The van der Waals surface area contributed by atoms with Crippen LogP contribution in [0.3, 0.4) is 0 Å². The van der Waals surface area contributed by atoms with E-state index in [2.05, 4.69) is 20.4 Å². The van der Waals surface area contributed by atoms with Gasteiger partial charge in [-0.25, -0.2) is 4.98 Å². The van der Waals surface area contributed by atoms with Crippen molar-refractivity contribution in [2.45, 2.75) is 58.0 Å². The highest BCUT2D eigenvalue weighted by molar-refractivity contribution is 5.96. The quantitative estimate of drug-likeness (QED) is 0.358. The van der Waals surface area contributed by atoms with Crippen LogP contribution in [0, 0.1) is 0 Å². The molecule has 0 amide bonds. The van der Waals surface area contributed by atoms with E-state index in [9.17, 15) is 9.59 Å². The highest BCUT2D eigenvalue weighted by Crippen LogP contribution is 2.28. The predicted octanol–water partition coefficient (Wildman–Crippen LogP) is 2.58. The number of hydrogen-bond acceptors (Lipinski definition) is 8. The van der Waals surface area contributed by atoms with Crippen LogP contribution in [0.15, 0.2) is 59.7 Å². The van der Waals surface area contributed by atoms with Gasteiger partial charge in [0.2, 0.25) is 0 Å². The number of ether oxygens (including phenoxy) is 1. The monoisotopic (exact) mass is 513 g/mol. The van der Waals surface area contributed by atoms with Crippen molar-refractivity contribution in [3.05, 3.63) is 76.6 Å². The molecule has 2 aliphatic heterocycles. The Kier molecular flexibility index (Phi) is 6.50. The van der Waals surface area contributed by atoms with Crippen molar-refractivity contribution in [2.24, 2.45) is 0 Å². The second-order valence-electron chi connectivity index (χ2n) is 10.3. The van der Waals surface area contributed by atoms with E-state index < -0.39 is 0 Å². The number of fused-ring (bicyclic) bond motifs is 3. The van der Waals surface area contributed by atoms with Crippen LogP contribution in [0.2, 0.25) is 0 Å². The van der Waals surface area contributed by atoms with Gasteiger partial charge in [0, 0.05) is 30.7 Å². The number of hydrogen-bond donors (Lipinski definition) is 1. The summed E-state index contributed by atoms with van der Waals surface area (Å²) in [6.45, 7) is 6.20. The Bertz CT molecular complexity index is 1520. The first-order valence-corrected chi connectivity index (χ1v) is 13.1. The van der Waals surface area contributed by atoms with Crippen molar-refractivity contribution in [3.63, 3.8) is 0 Å². The van der Waals surface area contributed by atoms with Crippen LogP contribution in [0.1, 0.15) is 42.9 Å². The molecule has 0 spiro atoms. The fraction of sp³-hybridized carbons (Fsp3) is 0.393. The van der Waals surface area contributed by atoms with E-state index in [0.29, 0.717) is 52.4 Å². The number of rotatable bonds is 8. The summed E-state index contributed by atoms with van der Waals surface area (Å²) in [6, 6.07) is 13.5. The Balaban J connectivity index is 1.48. The van der Waals surface area contributed by atoms with Gasteiger partial charge in [-0.15, -0.1) is 0 Å². The molecule has 196 valence electrons. The molecule has 0 aliphatic carbocycles. The van der Waals surface area contributed by atoms with Gasteiger partial charge in [-0.3, -0.25) is 19.1 Å². The van der Waals surface area contributed by atoms with Crippen LogP contribution in [0.4, 0.5) is 0 Å². The zero-order valence-corrected chi connectivity index (χ0v) is 21.6. The second-order valence-corrected chi connectivity index (χ2v) is 10.3. The van der Waals surface area contributed by atoms with E-state index >= 15 is 0 Å². The molecular weight excluding hydrogens is 482 g/mol. The standard InChI is InChI=1S/C28H31N7O3/c1-18(2)38-26-10-7-19(25(36)16-34-29-11-12-30-34)13-24(26)35-27(17-33-14-20-8-9-21(15-33)31-20)32-23-6-4-3-5-22(23)28(35)37/h3-7,10-13,18,20-21,31H,8-9,14-17H2,1-2H3. The van der Waals surface area contributed by atoms with Gasteiger partial charge < -0.3 is 10.1 Å². The Hall–Kier alpha value is -3.89. The maximum atomic E-state index is 14.0. The molecule has 4 heterocycles. The highest BCUT2D eigenvalue weighted by Gasteiger charge is 2.33. The third-order valence-electron chi connectivity index (χ3n) is 7.14. The number of para-hydroxylation sites is 1. The third kappa shape index (κ3) is 4.84. The molecule has 2 saturated heterocycles. The number of likely N-dealkylation sites (tertiary alicyclic amines) is 1. The van der Waals surface area contributed by atoms with Crippen LogP contribution >= 0.6 is 0 Å². The van der Waals surface area contributed by atoms with Gasteiger partial charge in [-0.2, -0.15) is 15.0 Å². The number of piperazine rings is 1. The SMILES string of the molecule is CC(C)Oc1ccc(C(=O)Cn2nccn2)cc1-n1c(CN2CC3CCC(C2)N3)nc2ccccc2c1=O. The molecule has 2 unspecified atom stereocenters. The molecule has 2 bridgehead atoms. The van der Waals surface area contributed by atoms with Gasteiger partial charge >= 0.3 is 0 Å². The maximum absolute atomic E-state index is 14.0. The first-order valence-electron chi connectivity index (χ1n) is 13.1. The second kappa shape index (κ2) is 10.1. The largest absolute Gasteiger partial charge is 0.489 e. The van der Waals surface area contributed by atoms with Crippen LogP contribution in [-0.4, -0.2) is 66.5 Å². The molecule has 2 atom stereocenters. The average Bonchev–Trinajstić information content (AvgIpc) is 3.53. The number of nitrogens with one attached hydrogen (secondary N) is 1. The van der Waals surface area contributed by atoms with Crippen LogP contribution in [0.25, 0.3) is 16.6 Å². The van der Waals surface area contributed by atoms with Crippen molar-refractivity contribution in [3.8, 4) is 11.4 Å². The summed E-state index contributed by atoms with van der Waals surface area (Å²) >= 11 is 0. The summed E-state index contributed by atoms with van der Waals surface area (Å²) in [5, 5.41) is 12.3. The van der Waals surface area contributed by atoms with Crippen LogP contribution in [0.5, 0.6) is 5.75 Å². The smallest absolute Gasteiger partial charge is 0.266 e. The lowest BCUT2D eigenvalue weighted by Crippen LogP contribution is -2.51. The van der Waals surface area contributed by atoms with Crippen molar-refractivity contribution in [1.82, 2.24) is 34.8 Å². The summed E-state index contributed by atoms with van der Waals surface area (Å²) in [6.07, 6.45) is 5.28. The molecule has 10 heteroatoms. The summed E-state index contributed by atoms with van der Waals surface area (Å²) in [4.78, 5) is 35.9. The Morgan fingerprint density at radius 2 is 1.82 bits per heavy atom. The Morgan fingerprint density at radius 3 is 2.55 bits per heavy atom. The molecule has 0 saturated carbocycles. The predicted molar refractivity (Wildman–Crippen MR) is 143 cm³/mol. The topological polar surface area (TPSA) is 107 Å². The first kappa shape index (κ1) is 24.4. The van der Waals surface area contributed by atoms with Crippen LogP contribution in [-0.2, 0) is 13.1 Å². The summed E-state index contributed by atoms with van der Waals surface area (Å²) in [5.74, 6) is 0.983. The number of aromatic nitrogens is 5. The molecule has 0 radical (unpaired) electrons. The van der Waals surface area contributed by atoms with Crippen molar-refractivity contribution in [1.29, 1.82) is 0 Å². The Labute approximate surface area is 220 Å². The summed E-state index contributed by atoms with van der Waals surface area (Å²) < 4.78 is 7.78. The zero-order chi connectivity index (χ0) is 26.2. The number of ketones is 1. The average molecular weight is 514 g/mol. The summed E-state index contributed by atoms with van der Waals surface area (Å²) in [7, 11) is 0. The fourth-order valence-electron chi connectivity index (χ4n) is 5.51. The van der Waals surface area contributed by atoms with Crippen molar-refractivity contribution >= 4 is 16.7 Å². The molecule has 2 aromatic carbocycles. The molecule has 2 fully saturated rings. The van der Waals surface area contributed by atoms with E-state index in [0.717, 1.165) is 13.1 Å². The molecule has 1 N–H and O–H groups in total.